The van der Waals surface area contributed by atoms with Gasteiger partial charge in [-0.3, -0.25) is 14.4 Å². The number of aryl methyl sites for hydroxylation is 1. The Labute approximate surface area is 161 Å². The van der Waals surface area contributed by atoms with E-state index in [1.807, 2.05) is 24.3 Å². The molecule has 2 amide bonds. The van der Waals surface area contributed by atoms with Gasteiger partial charge in [-0.05, 0) is 42.3 Å². The van der Waals surface area contributed by atoms with E-state index in [4.69, 9.17) is 5.73 Å². The molecule has 1 aromatic heterocycles. The molecular formula is C21H20N4O3. The fourth-order valence-corrected chi connectivity index (χ4v) is 2.68. The van der Waals surface area contributed by atoms with E-state index >= 15 is 0 Å². The third-order valence-corrected chi connectivity index (χ3v) is 4.27. The molecule has 7 heteroatoms. The van der Waals surface area contributed by atoms with Gasteiger partial charge >= 0.3 is 0 Å². The van der Waals surface area contributed by atoms with Crippen LogP contribution in [0.5, 0.6) is 0 Å². The Morgan fingerprint density at radius 1 is 1.00 bits per heavy atom. The SMILES string of the molecule is CCc1ccc(-c2ccc(=O)n(CC(=O)Nc3ccc(C(N)=O)cc3)n2)cc1. The molecule has 0 bridgehead atoms. The highest BCUT2D eigenvalue weighted by Crippen LogP contribution is 2.16. The zero-order chi connectivity index (χ0) is 20.1. The summed E-state index contributed by atoms with van der Waals surface area (Å²) in [6.07, 6.45) is 0.938. The second-order valence-electron chi connectivity index (χ2n) is 6.25. The molecule has 3 N–H and O–H groups in total. The van der Waals surface area contributed by atoms with Crippen molar-refractivity contribution in [1.29, 1.82) is 0 Å². The van der Waals surface area contributed by atoms with Gasteiger partial charge in [-0.25, -0.2) is 4.68 Å². The minimum absolute atomic E-state index is 0.225. The molecule has 0 saturated heterocycles. The number of nitrogens with zero attached hydrogens (tertiary/aromatic N) is 2. The van der Waals surface area contributed by atoms with Crippen LogP contribution in [0.15, 0.2) is 65.5 Å². The number of carbonyl (C=O) groups is 2. The topological polar surface area (TPSA) is 107 Å². The number of anilines is 1. The van der Waals surface area contributed by atoms with Gasteiger partial charge < -0.3 is 11.1 Å². The van der Waals surface area contributed by atoms with Crippen LogP contribution in [-0.4, -0.2) is 21.6 Å². The molecule has 2 aromatic carbocycles. The van der Waals surface area contributed by atoms with E-state index < -0.39 is 11.8 Å². The van der Waals surface area contributed by atoms with Gasteiger partial charge in [-0.15, -0.1) is 0 Å². The highest BCUT2D eigenvalue weighted by atomic mass is 16.2. The first-order chi connectivity index (χ1) is 13.5. The Morgan fingerprint density at radius 2 is 1.68 bits per heavy atom. The first-order valence-electron chi connectivity index (χ1n) is 8.83. The zero-order valence-corrected chi connectivity index (χ0v) is 15.4. The maximum absolute atomic E-state index is 12.3. The first kappa shape index (κ1) is 19.0. The van der Waals surface area contributed by atoms with Crippen molar-refractivity contribution in [2.75, 3.05) is 5.32 Å². The van der Waals surface area contributed by atoms with Gasteiger partial charge in [0.05, 0.1) is 5.69 Å². The largest absolute Gasteiger partial charge is 0.366 e. The number of hydrogen-bond donors (Lipinski definition) is 2. The molecule has 0 aliphatic heterocycles. The van der Waals surface area contributed by atoms with Crippen molar-refractivity contribution in [3.8, 4) is 11.3 Å². The van der Waals surface area contributed by atoms with E-state index in [0.29, 0.717) is 16.9 Å². The van der Waals surface area contributed by atoms with Gasteiger partial charge in [-0.1, -0.05) is 31.2 Å². The smallest absolute Gasteiger partial charge is 0.267 e. The molecule has 7 nitrogen and oxygen atoms in total. The number of carbonyl (C=O) groups excluding carboxylic acids is 2. The van der Waals surface area contributed by atoms with Crippen LogP contribution in [0.1, 0.15) is 22.8 Å². The lowest BCUT2D eigenvalue weighted by Gasteiger charge is -2.09. The van der Waals surface area contributed by atoms with E-state index in [-0.39, 0.29) is 12.1 Å². The normalized spacial score (nSPS) is 10.5. The molecule has 0 aliphatic rings. The summed E-state index contributed by atoms with van der Waals surface area (Å²) < 4.78 is 1.12. The molecule has 28 heavy (non-hydrogen) atoms. The number of rotatable bonds is 6. The van der Waals surface area contributed by atoms with E-state index in [1.165, 1.54) is 23.8 Å². The molecule has 0 aliphatic carbocycles. The second-order valence-corrected chi connectivity index (χ2v) is 6.25. The van der Waals surface area contributed by atoms with Crippen molar-refractivity contribution in [2.24, 2.45) is 5.73 Å². The second kappa shape index (κ2) is 8.30. The molecule has 3 rings (SSSR count). The predicted molar refractivity (Wildman–Crippen MR) is 107 cm³/mol. The molecular weight excluding hydrogens is 356 g/mol. The minimum atomic E-state index is -0.544. The van der Waals surface area contributed by atoms with Gasteiger partial charge in [0.15, 0.2) is 0 Å². The Kier molecular flexibility index (Phi) is 5.64. The number of nitrogens with two attached hydrogens (primary N) is 1. The number of benzene rings is 2. The molecule has 142 valence electrons. The Morgan fingerprint density at radius 3 is 2.29 bits per heavy atom. The number of nitrogens with one attached hydrogen (secondary N) is 1. The maximum Gasteiger partial charge on any atom is 0.267 e. The van der Waals surface area contributed by atoms with Crippen LogP contribution < -0.4 is 16.6 Å². The summed E-state index contributed by atoms with van der Waals surface area (Å²) >= 11 is 0. The van der Waals surface area contributed by atoms with Crippen molar-refractivity contribution >= 4 is 17.5 Å². The van der Waals surface area contributed by atoms with Crippen LogP contribution in [0.25, 0.3) is 11.3 Å². The lowest BCUT2D eigenvalue weighted by molar-refractivity contribution is -0.117. The monoisotopic (exact) mass is 376 g/mol. The molecule has 0 spiro atoms. The average Bonchev–Trinajstić information content (AvgIpc) is 2.70. The number of amides is 2. The number of hydrogen-bond acceptors (Lipinski definition) is 4. The Balaban J connectivity index is 1.74. The van der Waals surface area contributed by atoms with E-state index in [2.05, 4.69) is 17.3 Å². The lowest BCUT2D eigenvalue weighted by atomic mass is 10.1. The highest BCUT2D eigenvalue weighted by molar-refractivity contribution is 5.94. The molecule has 0 fully saturated rings. The van der Waals surface area contributed by atoms with Gasteiger partial charge in [0.1, 0.15) is 6.54 Å². The molecule has 0 atom stereocenters. The standard InChI is InChI=1S/C21H20N4O3/c1-2-14-3-5-15(6-4-14)18-11-12-20(27)25(24-18)13-19(26)23-17-9-7-16(8-10-17)21(22)28/h3-12H,2,13H2,1H3,(H2,22,28)(H,23,26). The van der Waals surface area contributed by atoms with Crippen LogP contribution in [0, 0.1) is 0 Å². The van der Waals surface area contributed by atoms with Crippen LogP contribution in [0.3, 0.4) is 0 Å². The fourth-order valence-electron chi connectivity index (χ4n) is 2.68. The molecule has 3 aromatic rings. The van der Waals surface area contributed by atoms with E-state index in [9.17, 15) is 14.4 Å². The summed E-state index contributed by atoms with van der Waals surface area (Å²) in [4.78, 5) is 35.4. The summed E-state index contributed by atoms with van der Waals surface area (Å²) in [6.45, 7) is 1.85. The molecule has 0 radical (unpaired) electrons. The summed E-state index contributed by atoms with van der Waals surface area (Å²) in [5.41, 5.74) is 8.35. The van der Waals surface area contributed by atoms with Crippen molar-refractivity contribution in [1.82, 2.24) is 9.78 Å². The van der Waals surface area contributed by atoms with Crippen molar-refractivity contribution in [2.45, 2.75) is 19.9 Å². The quantitative estimate of drug-likeness (QED) is 0.688. The summed E-state index contributed by atoms with van der Waals surface area (Å²) in [5.74, 6) is -0.947. The molecule has 1 heterocycles. The first-order valence-corrected chi connectivity index (χ1v) is 8.83. The minimum Gasteiger partial charge on any atom is -0.366 e. The van der Waals surface area contributed by atoms with E-state index in [0.717, 1.165) is 16.7 Å². The van der Waals surface area contributed by atoms with Crippen molar-refractivity contribution < 1.29 is 9.59 Å². The summed E-state index contributed by atoms with van der Waals surface area (Å²) in [7, 11) is 0. The van der Waals surface area contributed by atoms with Crippen molar-refractivity contribution in [3.05, 3.63) is 82.1 Å². The number of primary amides is 1. The van der Waals surface area contributed by atoms with Crippen LogP contribution in [0.4, 0.5) is 5.69 Å². The van der Waals surface area contributed by atoms with Gasteiger partial charge in [0, 0.05) is 22.9 Å². The molecule has 0 unspecified atom stereocenters. The Hall–Kier alpha value is -3.74. The lowest BCUT2D eigenvalue weighted by Crippen LogP contribution is -2.29. The molecule has 0 saturated carbocycles. The van der Waals surface area contributed by atoms with E-state index in [1.54, 1.807) is 18.2 Å². The third-order valence-electron chi connectivity index (χ3n) is 4.27. The predicted octanol–water partition coefficient (Wildman–Crippen LogP) is 2.21. The highest BCUT2D eigenvalue weighted by Gasteiger charge is 2.09. The van der Waals surface area contributed by atoms with Crippen LogP contribution in [0.2, 0.25) is 0 Å². The third kappa shape index (κ3) is 4.50. The summed E-state index contributed by atoms with van der Waals surface area (Å²) in [5, 5.41) is 6.97. The van der Waals surface area contributed by atoms with Crippen LogP contribution in [-0.2, 0) is 17.8 Å². The number of aromatic nitrogens is 2. The van der Waals surface area contributed by atoms with Gasteiger partial charge in [0.2, 0.25) is 11.8 Å². The Bertz CT molecular complexity index is 1050. The summed E-state index contributed by atoms with van der Waals surface area (Å²) in [6, 6.07) is 17.1. The zero-order valence-electron chi connectivity index (χ0n) is 15.4. The van der Waals surface area contributed by atoms with Gasteiger partial charge in [0.25, 0.3) is 5.56 Å². The van der Waals surface area contributed by atoms with Gasteiger partial charge in [-0.2, -0.15) is 5.10 Å². The fraction of sp³-hybridized carbons (Fsp3) is 0.143. The maximum atomic E-state index is 12.3. The van der Waals surface area contributed by atoms with Crippen LogP contribution >= 0.6 is 0 Å². The average molecular weight is 376 g/mol. The van der Waals surface area contributed by atoms with Crippen molar-refractivity contribution in [3.63, 3.8) is 0 Å².